The molecule has 7 aromatic carbocycles. The maximum absolute atomic E-state index is 6.43. The van der Waals surface area contributed by atoms with Crippen LogP contribution in [0.15, 0.2) is 162 Å². The summed E-state index contributed by atoms with van der Waals surface area (Å²) in [4.78, 5) is 10.5. The van der Waals surface area contributed by atoms with Gasteiger partial charge in [0.2, 0.25) is 0 Å². The van der Waals surface area contributed by atoms with E-state index >= 15 is 0 Å². The molecule has 0 saturated heterocycles. The Hall–Kier alpha value is -6.10. The van der Waals surface area contributed by atoms with Crippen LogP contribution in [0, 0.1) is 0 Å². The predicted octanol–water partition coefficient (Wildman–Crippen LogP) is 12.6. The number of furan rings is 1. The summed E-state index contributed by atoms with van der Waals surface area (Å²) in [6.45, 7) is 0. The molecule has 0 spiro atoms. The number of thiophene rings is 1. The molecule has 3 nitrogen and oxygen atoms in total. The van der Waals surface area contributed by atoms with Gasteiger partial charge in [-0.2, -0.15) is 0 Å². The fourth-order valence-corrected chi connectivity index (χ4v) is 8.17. The van der Waals surface area contributed by atoms with Gasteiger partial charge < -0.3 is 4.42 Å². The van der Waals surface area contributed by atoms with Gasteiger partial charge >= 0.3 is 0 Å². The Balaban J connectivity index is 1.14. The van der Waals surface area contributed by atoms with Gasteiger partial charge in [-0.25, -0.2) is 9.97 Å². The lowest BCUT2D eigenvalue weighted by atomic mass is 9.95. The van der Waals surface area contributed by atoms with E-state index in [4.69, 9.17) is 14.4 Å². The number of fused-ring (bicyclic) bond motifs is 7. The van der Waals surface area contributed by atoms with Gasteiger partial charge in [0.05, 0.1) is 15.9 Å². The van der Waals surface area contributed by atoms with Gasteiger partial charge in [-0.3, -0.25) is 0 Å². The highest BCUT2D eigenvalue weighted by Gasteiger charge is 2.20. The topological polar surface area (TPSA) is 38.9 Å². The highest BCUT2D eigenvalue weighted by molar-refractivity contribution is 7.26. The van der Waals surface area contributed by atoms with Crippen LogP contribution in [0.3, 0.4) is 0 Å². The van der Waals surface area contributed by atoms with Crippen LogP contribution < -0.4 is 0 Å². The fraction of sp³-hybridized carbons (Fsp3) is 0. The normalized spacial score (nSPS) is 11.8. The first-order valence-electron chi connectivity index (χ1n) is 16.1. The number of rotatable bonds is 4. The van der Waals surface area contributed by atoms with E-state index in [1.54, 1.807) is 11.3 Å². The van der Waals surface area contributed by atoms with Crippen molar-refractivity contribution in [2.45, 2.75) is 0 Å². The maximum Gasteiger partial charge on any atom is 0.161 e. The summed E-state index contributed by atoms with van der Waals surface area (Å²) in [5.41, 5.74) is 10.4. The molecule has 0 radical (unpaired) electrons. The van der Waals surface area contributed by atoms with E-state index in [9.17, 15) is 0 Å². The van der Waals surface area contributed by atoms with Crippen LogP contribution in [-0.4, -0.2) is 9.97 Å². The van der Waals surface area contributed by atoms with Gasteiger partial charge in [0.25, 0.3) is 0 Å². The minimum Gasteiger partial charge on any atom is -0.456 e. The van der Waals surface area contributed by atoms with Gasteiger partial charge in [-0.05, 0) is 57.3 Å². The first-order valence-corrected chi connectivity index (χ1v) is 16.9. The third-order valence-corrected chi connectivity index (χ3v) is 10.5. The Kier molecular flexibility index (Phi) is 6.05. The molecule has 0 N–H and O–H groups in total. The standard InChI is InChI=1S/C44H26N2OS/c1-2-11-30(12-3-1)41-43-42(34-15-6-7-19-39(34)48-43)46-44(45-41)35-17-9-18-38-40(35)36-26-31(24-25-37(36)47-38)27-20-22-29(23-21-27)33-16-8-13-28-10-4-5-14-32(28)33/h1-26H. The molecule has 0 fully saturated rings. The molecule has 0 aliphatic heterocycles. The second kappa shape index (κ2) is 10.7. The van der Waals surface area contributed by atoms with E-state index in [0.717, 1.165) is 65.5 Å². The van der Waals surface area contributed by atoms with Crippen molar-refractivity contribution >= 4 is 64.4 Å². The monoisotopic (exact) mass is 630 g/mol. The third kappa shape index (κ3) is 4.27. The zero-order valence-electron chi connectivity index (χ0n) is 25.7. The van der Waals surface area contributed by atoms with E-state index < -0.39 is 0 Å². The molecule has 0 aliphatic carbocycles. The van der Waals surface area contributed by atoms with Crippen molar-refractivity contribution in [2.24, 2.45) is 0 Å². The second-order valence-electron chi connectivity index (χ2n) is 12.1. The summed E-state index contributed by atoms with van der Waals surface area (Å²) in [7, 11) is 0. The van der Waals surface area contributed by atoms with Gasteiger partial charge in [0, 0.05) is 32.0 Å². The molecule has 3 heterocycles. The van der Waals surface area contributed by atoms with Crippen LogP contribution in [-0.2, 0) is 0 Å². The molecule has 4 heteroatoms. The van der Waals surface area contributed by atoms with E-state index in [-0.39, 0.29) is 0 Å². The van der Waals surface area contributed by atoms with E-state index in [1.807, 2.05) is 18.2 Å². The van der Waals surface area contributed by atoms with Crippen molar-refractivity contribution in [3.63, 3.8) is 0 Å². The molecular formula is C44H26N2OS. The first kappa shape index (κ1) is 27.1. The van der Waals surface area contributed by atoms with Gasteiger partial charge in [0.1, 0.15) is 11.2 Å². The van der Waals surface area contributed by atoms with Crippen molar-refractivity contribution in [1.29, 1.82) is 0 Å². The number of hydrogen-bond acceptors (Lipinski definition) is 4. The van der Waals surface area contributed by atoms with Crippen LogP contribution in [0.5, 0.6) is 0 Å². The Morgan fingerprint density at radius 2 is 1.17 bits per heavy atom. The smallest absolute Gasteiger partial charge is 0.161 e. The second-order valence-corrected chi connectivity index (χ2v) is 13.2. The fourth-order valence-electron chi connectivity index (χ4n) is 7.02. The predicted molar refractivity (Wildman–Crippen MR) is 201 cm³/mol. The van der Waals surface area contributed by atoms with Gasteiger partial charge in [0.15, 0.2) is 5.82 Å². The summed E-state index contributed by atoms with van der Waals surface area (Å²) in [5.74, 6) is 0.697. The summed E-state index contributed by atoms with van der Waals surface area (Å²) < 4.78 is 8.74. The van der Waals surface area contributed by atoms with E-state index in [1.165, 1.54) is 26.6 Å². The van der Waals surface area contributed by atoms with Gasteiger partial charge in [-0.15, -0.1) is 11.3 Å². The Bertz CT molecular complexity index is 2830. The minimum atomic E-state index is 0.697. The van der Waals surface area contributed by atoms with Crippen LogP contribution in [0.1, 0.15) is 0 Å². The molecule has 0 bridgehead atoms. The zero-order chi connectivity index (χ0) is 31.6. The molecule has 0 saturated carbocycles. The first-order chi connectivity index (χ1) is 23.8. The Morgan fingerprint density at radius 3 is 2.06 bits per heavy atom. The maximum atomic E-state index is 6.43. The van der Waals surface area contributed by atoms with Crippen molar-refractivity contribution in [1.82, 2.24) is 9.97 Å². The molecule has 3 aromatic heterocycles. The molecular weight excluding hydrogens is 605 g/mol. The molecule has 0 unspecified atom stereocenters. The number of aromatic nitrogens is 2. The molecule has 0 amide bonds. The van der Waals surface area contributed by atoms with Crippen LogP contribution in [0.25, 0.3) is 97.9 Å². The molecule has 0 atom stereocenters. The highest BCUT2D eigenvalue weighted by Crippen LogP contribution is 2.42. The van der Waals surface area contributed by atoms with Gasteiger partial charge in [-0.1, -0.05) is 133 Å². The van der Waals surface area contributed by atoms with Crippen molar-refractivity contribution < 1.29 is 4.42 Å². The van der Waals surface area contributed by atoms with Crippen LogP contribution in [0.4, 0.5) is 0 Å². The number of benzene rings is 7. The minimum absolute atomic E-state index is 0.697. The number of hydrogen-bond donors (Lipinski definition) is 0. The van der Waals surface area contributed by atoms with E-state index in [0.29, 0.717) is 5.82 Å². The summed E-state index contributed by atoms with van der Waals surface area (Å²) in [6, 6.07) is 55.5. The van der Waals surface area contributed by atoms with Crippen LogP contribution >= 0.6 is 11.3 Å². The largest absolute Gasteiger partial charge is 0.456 e. The molecule has 48 heavy (non-hydrogen) atoms. The third-order valence-electron chi connectivity index (χ3n) is 9.32. The van der Waals surface area contributed by atoms with Crippen LogP contribution in [0.2, 0.25) is 0 Å². The number of nitrogens with zero attached hydrogens (tertiary/aromatic N) is 2. The van der Waals surface area contributed by atoms with E-state index in [2.05, 4.69) is 140 Å². The lowest BCUT2D eigenvalue weighted by molar-refractivity contribution is 0.669. The van der Waals surface area contributed by atoms with Crippen molar-refractivity contribution in [3.8, 4) is 44.9 Å². The lowest BCUT2D eigenvalue weighted by Crippen LogP contribution is -1.94. The zero-order valence-corrected chi connectivity index (χ0v) is 26.5. The average Bonchev–Trinajstić information content (AvgIpc) is 3.73. The lowest BCUT2D eigenvalue weighted by Gasteiger charge is -2.09. The summed E-state index contributed by atoms with van der Waals surface area (Å²) in [6.07, 6.45) is 0. The SMILES string of the molecule is c1ccc(-c2nc(-c3cccc4oc5ccc(-c6ccc(-c7cccc8ccccc78)cc6)cc5c34)nc3c2sc2ccccc23)cc1. The highest BCUT2D eigenvalue weighted by atomic mass is 32.1. The quantitative estimate of drug-likeness (QED) is 0.194. The Labute approximate surface area is 280 Å². The molecule has 224 valence electrons. The molecule has 10 aromatic rings. The Morgan fingerprint density at radius 1 is 0.458 bits per heavy atom. The summed E-state index contributed by atoms with van der Waals surface area (Å²) >= 11 is 1.75. The molecule has 0 aliphatic rings. The average molecular weight is 631 g/mol. The van der Waals surface area contributed by atoms with Crippen molar-refractivity contribution in [2.75, 3.05) is 0 Å². The molecule has 10 rings (SSSR count). The van der Waals surface area contributed by atoms with Crippen molar-refractivity contribution in [3.05, 3.63) is 158 Å². The summed E-state index contributed by atoms with van der Waals surface area (Å²) in [5, 5.41) is 5.74.